The number of benzene rings is 1. The van der Waals surface area contributed by atoms with Gasteiger partial charge in [0.2, 0.25) is 0 Å². The SMILES string of the molecule is CCO/C=C/c1cc(-c2ccc(C3CCN(C)CC3)cc2)sc1C(=O)[O-].[Li+]. The van der Waals surface area contributed by atoms with Gasteiger partial charge >= 0.3 is 18.9 Å². The summed E-state index contributed by atoms with van der Waals surface area (Å²) in [7, 11) is 2.17. The standard InChI is InChI=1S/C21H25NO3S.Li/c1-3-25-13-10-18-14-19(26-20(18)21(23)24)17-6-4-15(5-7-17)16-8-11-22(2)12-9-16;/h4-7,10,13-14,16H,3,8-9,11-12H2,1-2H3,(H,23,24);/q;+1/p-1/b13-10+;. The van der Waals surface area contributed by atoms with Crippen molar-refractivity contribution in [3.05, 3.63) is 52.6 Å². The van der Waals surface area contributed by atoms with Gasteiger partial charge in [0, 0.05) is 4.88 Å². The third kappa shape index (κ3) is 5.49. The fourth-order valence-corrected chi connectivity index (χ4v) is 4.30. The Balaban J connectivity index is 0.00000261. The van der Waals surface area contributed by atoms with Gasteiger partial charge in [-0.3, -0.25) is 0 Å². The Hall–Kier alpha value is -1.51. The fraction of sp³-hybridized carbons (Fsp3) is 0.381. The van der Waals surface area contributed by atoms with Crippen LogP contribution in [0, 0.1) is 0 Å². The van der Waals surface area contributed by atoms with Crippen LogP contribution in [0.15, 0.2) is 36.6 Å². The Bertz CT molecular complexity index is 777. The van der Waals surface area contributed by atoms with Gasteiger partial charge in [-0.1, -0.05) is 24.3 Å². The minimum Gasteiger partial charge on any atom is -0.544 e. The molecule has 0 radical (unpaired) electrons. The Morgan fingerprint density at radius 3 is 2.56 bits per heavy atom. The Morgan fingerprint density at radius 1 is 1.30 bits per heavy atom. The second kappa shape index (κ2) is 10.1. The second-order valence-corrected chi connectivity index (χ2v) is 7.69. The first-order chi connectivity index (χ1) is 12.6. The molecule has 1 aliphatic rings. The van der Waals surface area contributed by atoms with E-state index >= 15 is 0 Å². The maximum Gasteiger partial charge on any atom is 1.00 e. The van der Waals surface area contributed by atoms with Crippen LogP contribution in [0.1, 0.15) is 46.5 Å². The van der Waals surface area contributed by atoms with E-state index in [0.29, 0.717) is 18.1 Å². The average molecular weight is 377 g/mol. The zero-order chi connectivity index (χ0) is 18.5. The molecule has 0 spiro atoms. The minimum atomic E-state index is -1.15. The van der Waals surface area contributed by atoms with E-state index in [9.17, 15) is 9.90 Å². The molecule has 3 rings (SSSR count). The van der Waals surface area contributed by atoms with Gasteiger partial charge in [0.05, 0.1) is 23.7 Å². The Morgan fingerprint density at radius 2 is 1.96 bits per heavy atom. The van der Waals surface area contributed by atoms with Crippen molar-refractivity contribution in [2.75, 3.05) is 26.7 Å². The molecule has 1 fully saturated rings. The molecule has 138 valence electrons. The van der Waals surface area contributed by atoms with Gasteiger partial charge in [0.25, 0.3) is 0 Å². The summed E-state index contributed by atoms with van der Waals surface area (Å²) in [5.74, 6) is -0.535. The maximum atomic E-state index is 11.4. The van der Waals surface area contributed by atoms with Gasteiger partial charge in [0.15, 0.2) is 0 Å². The van der Waals surface area contributed by atoms with E-state index in [1.54, 1.807) is 6.08 Å². The number of carbonyl (C=O) groups excluding carboxylic acids is 1. The van der Waals surface area contributed by atoms with Gasteiger partial charge < -0.3 is 19.5 Å². The summed E-state index contributed by atoms with van der Waals surface area (Å²) in [5.41, 5.74) is 3.03. The third-order valence-electron chi connectivity index (χ3n) is 4.84. The number of hydrogen-bond acceptors (Lipinski definition) is 5. The van der Waals surface area contributed by atoms with Crippen LogP contribution in [0.4, 0.5) is 0 Å². The summed E-state index contributed by atoms with van der Waals surface area (Å²) in [6.45, 7) is 4.71. The van der Waals surface area contributed by atoms with Gasteiger partial charge in [0.1, 0.15) is 0 Å². The van der Waals surface area contributed by atoms with Crippen LogP contribution in [-0.4, -0.2) is 37.6 Å². The molecule has 1 aromatic carbocycles. The van der Waals surface area contributed by atoms with Gasteiger partial charge in [-0.25, -0.2) is 0 Å². The molecule has 1 aliphatic heterocycles. The van der Waals surface area contributed by atoms with E-state index in [-0.39, 0.29) is 23.7 Å². The molecular weight excluding hydrogens is 353 g/mol. The Kier molecular flexibility index (Phi) is 8.19. The molecule has 2 heterocycles. The van der Waals surface area contributed by atoms with E-state index in [1.807, 2.05) is 13.0 Å². The number of nitrogens with zero attached hydrogens (tertiary/aromatic N) is 1. The monoisotopic (exact) mass is 377 g/mol. The molecular formula is C21H24LiNO3S. The molecule has 0 saturated carbocycles. The van der Waals surface area contributed by atoms with Crippen molar-refractivity contribution >= 4 is 23.4 Å². The summed E-state index contributed by atoms with van der Waals surface area (Å²) in [6.07, 6.45) is 5.59. The predicted molar refractivity (Wildman–Crippen MR) is 104 cm³/mol. The van der Waals surface area contributed by atoms with Gasteiger partial charge in [-0.05, 0) is 74.7 Å². The molecule has 0 aliphatic carbocycles. The summed E-state index contributed by atoms with van der Waals surface area (Å²) in [5, 5.41) is 11.4. The molecule has 27 heavy (non-hydrogen) atoms. The van der Waals surface area contributed by atoms with Crippen molar-refractivity contribution < 1.29 is 33.5 Å². The van der Waals surface area contributed by atoms with Crippen LogP contribution in [0.5, 0.6) is 0 Å². The molecule has 0 atom stereocenters. The molecule has 0 bridgehead atoms. The number of ether oxygens (including phenoxy) is 1. The van der Waals surface area contributed by atoms with Crippen LogP contribution < -0.4 is 24.0 Å². The topological polar surface area (TPSA) is 52.6 Å². The van der Waals surface area contributed by atoms with Crippen LogP contribution in [-0.2, 0) is 4.74 Å². The molecule has 6 heteroatoms. The van der Waals surface area contributed by atoms with E-state index in [4.69, 9.17) is 4.74 Å². The normalized spacial score (nSPS) is 15.6. The molecule has 4 nitrogen and oxygen atoms in total. The molecule has 1 aromatic heterocycles. The first-order valence-corrected chi connectivity index (χ1v) is 9.82. The summed E-state index contributed by atoms with van der Waals surface area (Å²) < 4.78 is 5.18. The van der Waals surface area contributed by atoms with Crippen LogP contribution in [0.25, 0.3) is 16.5 Å². The van der Waals surface area contributed by atoms with Crippen molar-refractivity contribution in [3.8, 4) is 10.4 Å². The largest absolute Gasteiger partial charge is 1.00 e. The first-order valence-electron chi connectivity index (χ1n) is 9.00. The number of likely N-dealkylation sites (tertiary alicyclic amines) is 1. The third-order valence-corrected chi connectivity index (χ3v) is 6.02. The number of carboxylic acid groups (broad SMARTS) is 1. The van der Waals surface area contributed by atoms with Gasteiger partial charge in [-0.2, -0.15) is 0 Å². The van der Waals surface area contributed by atoms with E-state index < -0.39 is 5.97 Å². The zero-order valence-corrected chi connectivity index (χ0v) is 17.1. The average Bonchev–Trinajstić information content (AvgIpc) is 3.07. The van der Waals surface area contributed by atoms with Crippen LogP contribution in [0.2, 0.25) is 0 Å². The van der Waals surface area contributed by atoms with E-state index in [1.165, 1.54) is 36.0 Å². The van der Waals surface area contributed by atoms with Crippen LogP contribution >= 0.6 is 11.3 Å². The smallest absolute Gasteiger partial charge is 0.544 e. The number of thiophene rings is 1. The number of carbonyl (C=O) groups is 1. The van der Waals surface area contributed by atoms with E-state index in [0.717, 1.165) is 23.5 Å². The maximum absolute atomic E-state index is 11.4. The number of rotatable bonds is 6. The van der Waals surface area contributed by atoms with Crippen molar-refractivity contribution in [1.29, 1.82) is 0 Å². The predicted octanol–water partition coefficient (Wildman–Crippen LogP) is 0.599. The minimum absolute atomic E-state index is 0. The molecule has 0 unspecified atom stereocenters. The fourth-order valence-electron chi connectivity index (χ4n) is 3.31. The molecule has 1 saturated heterocycles. The van der Waals surface area contributed by atoms with Crippen molar-refractivity contribution in [3.63, 3.8) is 0 Å². The van der Waals surface area contributed by atoms with Crippen molar-refractivity contribution in [2.24, 2.45) is 0 Å². The number of aromatic carboxylic acids is 1. The Labute approximate surface area is 177 Å². The quantitative estimate of drug-likeness (QED) is 0.547. The zero-order valence-electron chi connectivity index (χ0n) is 16.2. The van der Waals surface area contributed by atoms with Gasteiger partial charge in [-0.15, -0.1) is 11.3 Å². The molecule has 2 aromatic rings. The summed E-state index contributed by atoms with van der Waals surface area (Å²) >= 11 is 1.24. The van der Waals surface area contributed by atoms with Crippen molar-refractivity contribution in [2.45, 2.75) is 25.7 Å². The number of carboxylic acids is 1. The number of hydrogen-bond donors (Lipinski definition) is 0. The molecule has 0 amide bonds. The summed E-state index contributed by atoms with van der Waals surface area (Å²) in [4.78, 5) is 14.9. The van der Waals surface area contributed by atoms with Crippen molar-refractivity contribution in [1.82, 2.24) is 4.90 Å². The summed E-state index contributed by atoms with van der Waals surface area (Å²) in [6, 6.07) is 10.4. The van der Waals surface area contributed by atoms with E-state index in [2.05, 4.69) is 36.2 Å². The molecule has 0 N–H and O–H groups in total. The number of piperidine rings is 1. The van der Waals surface area contributed by atoms with Crippen LogP contribution in [0.3, 0.4) is 0 Å². The second-order valence-electron chi connectivity index (χ2n) is 6.64. The first kappa shape index (κ1) is 21.8.